The van der Waals surface area contributed by atoms with Crippen molar-refractivity contribution >= 4 is 40.5 Å². The summed E-state index contributed by atoms with van der Waals surface area (Å²) in [6, 6.07) is 30.5. The zero-order valence-electron chi connectivity index (χ0n) is 20.2. The summed E-state index contributed by atoms with van der Waals surface area (Å²) in [7, 11) is 0. The van der Waals surface area contributed by atoms with Crippen molar-refractivity contribution in [2.45, 2.75) is 12.2 Å². The topological polar surface area (TPSA) is 103 Å². The van der Waals surface area contributed by atoms with Crippen LogP contribution in [-0.4, -0.2) is 23.6 Å². The van der Waals surface area contributed by atoms with Crippen molar-refractivity contribution in [3.05, 3.63) is 131 Å². The minimum Gasteiger partial charge on any atom is -0.398 e. The third-order valence-electron chi connectivity index (χ3n) is 5.55. The van der Waals surface area contributed by atoms with Crippen molar-refractivity contribution in [2.24, 2.45) is 0 Å². The molecule has 4 aromatic rings. The number of rotatable bonds is 7. The van der Waals surface area contributed by atoms with Gasteiger partial charge in [-0.15, -0.1) is 11.8 Å². The van der Waals surface area contributed by atoms with Gasteiger partial charge in [-0.25, -0.2) is 0 Å². The maximum Gasteiger partial charge on any atom is 0.195 e. The van der Waals surface area contributed by atoms with Crippen LogP contribution in [0, 0.1) is 0 Å². The molecule has 5 nitrogen and oxygen atoms in total. The first kappa shape index (κ1) is 26.4. The molecule has 0 heterocycles. The molecule has 0 fully saturated rings. The first-order valence-electron chi connectivity index (χ1n) is 11.3. The van der Waals surface area contributed by atoms with Crippen LogP contribution in [0.3, 0.4) is 0 Å². The third kappa shape index (κ3) is 6.29. The third-order valence-corrected chi connectivity index (χ3v) is 6.61. The Morgan fingerprint density at radius 2 is 1.11 bits per heavy atom. The van der Waals surface area contributed by atoms with Crippen molar-refractivity contribution in [3.63, 3.8) is 0 Å². The normalized spacial score (nSPS) is 11.1. The van der Waals surface area contributed by atoms with E-state index >= 15 is 0 Å². The summed E-state index contributed by atoms with van der Waals surface area (Å²) in [6.07, 6.45) is 1.86. The molecular formula is C30H28N2O3S. The van der Waals surface area contributed by atoms with E-state index in [-0.39, 0.29) is 22.6 Å². The molecule has 0 spiro atoms. The number of benzene rings is 4. The number of hydrogen-bond donors (Lipinski definition) is 2. The van der Waals surface area contributed by atoms with E-state index in [0.717, 1.165) is 0 Å². The second kappa shape index (κ2) is 12.5. The van der Waals surface area contributed by atoms with Crippen LogP contribution < -0.4 is 11.5 Å². The van der Waals surface area contributed by atoms with Crippen LogP contribution >= 0.6 is 11.8 Å². The number of Topliss-reactive ketones (excluding diaryl/α,β-unsaturated/α-hetero) is 1. The van der Waals surface area contributed by atoms with Gasteiger partial charge in [0.1, 0.15) is 5.78 Å². The van der Waals surface area contributed by atoms with Gasteiger partial charge in [0.05, 0.1) is 5.25 Å². The van der Waals surface area contributed by atoms with Crippen LogP contribution in [0.15, 0.2) is 103 Å². The molecule has 0 amide bonds. The summed E-state index contributed by atoms with van der Waals surface area (Å²) in [5, 5.41) is -0.339. The van der Waals surface area contributed by atoms with Gasteiger partial charge < -0.3 is 11.5 Å². The van der Waals surface area contributed by atoms with Crippen LogP contribution in [0.4, 0.5) is 11.4 Å². The minimum absolute atomic E-state index is 0.0264. The molecule has 0 aliphatic carbocycles. The zero-order chi connectivity index (χ0) is 26.1. The van der Waals surface area contributed by atoms with Gasteiger partial charge in [0.25, 0.3) is 0 Å². The molecule has 0 aliphatic heterocycles. The lowest BCUT2D eigenvalue weighted by molar-refractivity contribution is -0.116. The van der Waals surface area contributed by atoms with E-state index in [1.807, 2.05) is 54.8 Å². The van der Waals surface area contributed by atoms with Gasteiger partial charge in [-0.05, 0) is 36.9 Å². The van der Waals surface area contributed by atoms with Crippen LogP contribution in [-0.2, 0) is 4.79 Å². The van der Waals surface area contributed by atoms with Crippen molar-refractivity contribution < 1.29 is 14.4 Å². The van der Waals surface area contributed by atoms with Crippen molar-refractivity contribution in [3.8, 4) is 0 Å². The fraction of sp³-hybridized carbons (Fsp3) is 0.100. The highest BCUT2D eigenvalue weighted by Gasteiger charge is 2.22. The number of hydrogen-bond acceptors (Lipinski definition) is 6. The minimum atomic E-state index is -0.339. The highest BCUT2D eigenvalue weighted by Crippen LogP contribution is 2.34. The Balaban J connectivity index is 0.000000212. The number of carbonyl (C=O) groups excluding carboxylic acids is 3. The predicted octanol–water partition coefficient (Wildman–Crippen LogP) is 5.99. The van der Waals surface area contributed by atoms with E-state index in [2.05, 4.69) is 0 Å². The lowest BCUT2D eigenvalue weighted by Gasteiger charge is -2.16. The lowest BCUT2D eigenvalue weighted by atomic mass is 9.97. The molecule has 0 aromatic heterocycles. The largest absolute Gasteiger partial charge is 0.398 e. The van der Waals surface area contributed by atoms with Gasteiger partial charge in [-0.1, -0.05) is 84.9 Å². The number of nitrogens with two attached hydrogens (primary N) is 2. The van der Waals surface area contributed by atoms with E-state index in [1.165, 1.54) is 18.7 Å². The lowest BCUT2D eigenvalue weighted by Crippen LogP contribution is -2.12. The fourth-order valence-electron chi connectivity index (χ4n) is 3.72. The molecule has 4 N–H and O–H groups in total. The Labute approximate surface area is 215 Å². The SMILES string of the molecule is CSC(C(C)=O)c1cccc(C(=O)c2ccccc2)c1N.Nc1ccccc1C(=O)c1ccccc1. The maximum absolute atomic E-state index is 12.5. The van der Waals surface area contributed by atoms with E-state index < -0.39 is 0 Å². The van der Waals surface area contributed by atoms with Gasteiger partial charge in [0.15, 0.2) is 11.6 Å². The maximum atomic E-state index is 12.5. The second-order valence-electron chi connectivity index (χ2n) is 8.01. The van der Waals surface area contributed by atoms with Crippen LogP contribution in [0.5, 0.6) is 0 Å². The summed E-state index contributed by atoms with van der Waals surface area (Å²) in [6.45, 7) is 1.53. The molecule has 4 rings (SSSR count). The van der Waals surface area contributed by atoms with Crippen LogP contribution in [0.2, 0.25) is 0 Å². The molecule has 0 bridgehead atoms. The first-order valence-corrected chi connectivity index (χ1v) is 12.6. The van der Waals surface area contributed by atoms with Crippen LogP contribution in [0.1, 0.15) is 49.6 Å². The van der Waals surface area contributed by atoms with Crippen molar-refractivity contribution in [1.82, 2.24) is 0 Å². The molecule has 0 saturated heterocycles. The van der Waals surface area contributed by atoms with Crippen molar-refractivity contribution in [1.29, 1.82) is 0 Å². The summed E-state index contributed by atoms with van der Waals surface area (Å²) in [5.41, 5.74) is 15.8. The summed E-state index contributed by atoms with van der Waals surface area (Å²) < 4.78 is 0. The first-order chi connectivity index (χ1) is 17.3. The van der Waals surface area contributed by atoms with E-state index in [9.17, 15) is 14.4 Å². The van der Waals surface area contributed by atoms with E-state index in [4.69, 9.17) is 11.5 Å². The molecule has 36 heavy (non-hydrogen) atoms. The molecular weight excluding hydrogens is 468 g/mol. The van der Waals surface area contributed by atoms with Gasteiger partial charge in [0, 0.05) is 33.6 Å². The Morgan fingerprint density at radius 3 is 1.61 bits per heavy atom. The average Bonchev–Trinajstić information content (AvgIpc) is 2.91. The Hall–Kier alpha value is -4.16. The van der Waals surface area contributed by atoms with Gasteiger partial charge in [0.2, 0.25) is 0 Å². The number of nitrogen functional groups attached to an aromatic ring is 2. The Kier molecular flexibility index (Phi) is 9.19. The number of ketones is 3. The molecule has 0 saturated carbocycles. The van der Waals surface area contributed by atoms with Gasteiger partial charge >= 0.3 is 0 Å². The highest BCUT2D eigenvalue weighted by molar-refractivity contribution is 7.99. The number of carbonyl (C=O) groups is 3. The fourth-order valence-corrected chi connectivity index (χ4v) is 4.51. The quantitative estimate of drug-likeness (QED) is 0.240. The number of para-hydroxylation sites is 2. The Morgan fingerprint density at radius 1 is 0.639 bits per heavy atom. The predicted molar refractivity (Wildman–Crippen MR) is 148 cm³/mol. The van der Waals surface area contributed by atoms with Gasteiger partial charge in [-0.2, -0.15) is 0 Å². The molecule has 1 atom stereocenters. The second-order valence-corrected chi connectivity index (χ2v) is 8.96. The van der Waals surface area contributed by atoms with Crippen LogP contribution in [0.25, 0.3) is 0 Å². The monoisotopic (exact) mass is 496 g/mol. The van der Waals surface area contributed by atoms with E-state index in [1.54, 1.807) is 54.6 Å². The van der Waals surface area contributed by atoms with Gasteiger partial charge in [-0.3, -0.25) is 14.4 Å². The number of anilines is 2. The summed E-state index contributed by atoms with van der Waals surface area (Å²) in [4.78, 5) is 36.2. The van der Waals surface area contributed by atoms with Crippen molar-refractivity contribution in [2.75, 3.05) is 17.7 Å². The molecule has 182 valence electrons. The molecule has 0 radical (unpaired) electrons. The zero-order valence-corrected chi connectivity index (χ0v) is 21.0. The summed E-state index contributed by atoms with van der Waals surface area (Å²) in [5.74, 6) is -0.134. The molecule has 4 aromatic carbocycles. The smallest absolute Gasteiger partial charge is 0.195 e. The standard InChI is InChI=1S/C17H17NO2S.C13H11NO/c1-11(19)17(21-2)14-10-6-9-13(15(14)18)16(20)12-7-4-3-5-8-12;14-12-9-5-4-8-11(12)13(15)10-6-2-1-3-7-10/h3-10,17H,18H2,1-2H3;1-9H,14H2. The average molecular weight is 497 g/mol. The molecule has 0 aliphatic rings. The van der Waals surface area contributed by atoms with E-state index in [0.29, 0.717) is 39.2 Å². The highest BCUT2D eigenvalue weighted by atomic mass is 32.2. The molecule has 1 unspecified atom stereocenters. The number of thioether (sulfide) groups is 1. The summed E-state index contributed by atoms with van der Waals surface area (Å²) >= 11 is 1.42. The Bertz CT molecular complexity index is 1360. The molecule has 6 heteroatoms.